The molecule has 2 nitrogen and oxygen atoms in total. The van der Waals surface area contributed by atoms with E-state index < -0.39 is 0 Å². The second-order valence-electron chi connectivity index (χ2n) is 4.76. The molecule has 1 fully saturated rings. The highest BCUT2D eigenvalue weighted by molar-refractivity contribution is 9.10. The predicted molar refractivity (Wildman–Crippen MR) is 77.6 cm³/mol. The van der Waals surface area contributed by atoms with E-state index in [0.29, 0.717) is 0 Å². The summed E-state index contributed by atoms with van der Waals surface area (Å²) in [4.78, 5) is 0. The van der Waals surface area contributed by atoms with E-state index in [9.17, 15) is 0 Å². The molecular formula is C15H16BrNO. The maximum atomic E-state index is 6.38. The average molecular weight is 306 g/mol. The van der Waals surface area contributed by atoms with Gasteiger partial charge in [-0.15, -0.1) is 0 Å². The summed E-state index contributed by atoms with van der Waals surface area (Å²) in [5, 5.41) is 2.43. The Labute approximate surface area is 115 Å². The molecule has 2 aromatic rings. The van der Waals surface area contributed by atoms with Gasteiger partial charge in [0.05, 0.1) is 12.1 Å². The smallest absolute Gasteiger partial charge is 0.0768 e. The van der Waals surface area contributed by atoms with Crippen molar-refractivity contribution in [2.45, 2.75) is 25.0 Å². The molecule has 1 aliphatic heterocycles. The quantitative estimate of drug-likeness (QED) is 0.916. The van der Waals surface area contributed by atoms with E-state index in [1.54, 1.807) is 0 Å². The van der Waals surface area contributed by atoms with Crippen LogP contribution < -0.4 is 5.73 Å². The molecule has 0 bridgehead atoms. The molecule has 0 radical (unpaired) electrons. The lowest BCUT2D eigenvalue weighted by Gasteiger charge is -2.21. The summed E-state index contributed by atoms with van der Waals surface area (Å²) in [6.07, 6.45) is 2.34. The van der Waals surface area contributed by atoms with Gasteiger partial charge in [-0.2, -0.15) is 0 Å². The number of nitrogens with two attached hydrogens (primary N) is 1. The van der Waals surface area contributed by atoms with E-state index in [-0.39, 0.29) is 12.1 Å². The van der Waals surface area contributed by atoms with Crippen LogP contribution in [-0.4, -0.2) is 12.7 Å². The first-order chi connectivity index (χ1) is 8.77. The van der Waals surface area contributed by atoms with Crippen molar-refractivity contribution in [3.05, 3.63) is 46.4 Å². The first kappa shape index (κ1) is 12.2. The summed E-state index contributed by atoms with van der Waals surface area (Å²) < 4.78 is 6.82. The van der Waals surface area contributed by atoms with Gasteiger partial charge in [-0.25, -0.2) is 0 Å². The second-order valence-corrected chi connectivity index (χ2v) is 5.61. The number of fused-ring (bicyclic) bond motifs is 1. The molecular weight excluding hydrogens is 290 g/mol. The number of hydrogen-bond donors (Lipinski definition) is 1. The number of ether oxygens (including phenoxy) is 1. The van der Waals surface area contributed by atoms with Gasteiger partial charge in [-0.1, -0.05) is 46.3 Å². The highest BCUT2D eigenvalue weighted by Gasteiger charge is 2.25. The van der Waals surface area contributed by atoms with Crippen LogP contribution in [0, 0.1) is 0 Å². The summed E-state index contributed by atoms with van der Waals surface area (Å²) in [5.41, 5.74) is 7.56. The van der Waals surface area contributed by atoms with Crippen molar-refractivity contribution >= 4 is 26.7 Å². The van der Waals surface area contributed by atoms with Crippen LogP contribution in [0.15, 0.2) is 40.9 Å². The highest BCUT2D eigenvalue weighted by atomic mass is 79.9. The maximum absolute atomic E-state index is 6.38. The zero-order valence-electron chi connectivity index (χ0n) is 10.1. The Bertz CT molecular complexity index is 563. The zero-order valence-corrected chi connectivity index (χ0v) is 11.7. The van der Waals surface area contributed by atoms with E-state index in [2.05, 4.69) is 52.3 Å². The first-order valence-corrected chi connectivity index (χ1v) is 7.11. The molecule has 2 aromatic carbocycles. The Morgan fingerprint density at radius 3 is 2.67 bits per heavy atom. The van der Waals surface area contributed by atoms with Crippen LogP contribution >= 0.6 is 15.9 Å². The minimum Gasteiger partial charge on any atom is -0.376 e. The van der Waals surface area contributed by atoms with Crippen molar-refractivity contribution in [2.75, 3.05) is 6.61 Å². The number of halogens is 1. The Balaban J connectivity index is 2.08. The van der Waals surface area contributed by atoms with Crippen molar-refractivity contribution in [2.24, 2.45) is 5.73 Å². The third-order valence-electron chi connectivity index (χ3n) is 3.63. The monoisotopic (exact) mass is 305 g/mol. The van der Waals surface area contributed by atoms with Crippen molar-refractivity contribution in [1.82, 2.24) is 0 Å². The summed E-state index contributed by atoms with van der Waals surface area (Å²) in [5.74, 6) is 0. The van der Waals surface area contributed by atoms with Crippen LogP contribution in [0.3, 0.4) is 0 Å². The lowest BCUT2D eigenvalue weighted by atomic mass is 9.95. The topological polar surface area (TPSA) is 35.2 Å². The predicted octanol–water partition coefficient (Wildman–Crippen LogP) is 3.78. The van der Waals surface area contributed by atoms with Crippen LogP contribution in [0.4, 0.5) is 0 Å². The molecule has 0 aromatic heterocycles. The molecule has 18 heavy (non-hydrogen) atoms. The third kappa shape index (κ3) is 2.07. The molecule has 0 saturated carbocycles. The van der Waals surface area contributed by atoms with E-state index in [0.717, 1.165) is 23.9 Å². The minimum atomic E-state index is -0.0366. The van der Waals surface area contributed by atoms with Crippen LogP contribution in [-0.2, 0) is 4.74 Å². The van der Waals surface area contributed by atoms with Gasteiger partial charge in [-0.3, -0.25) is 0 Å². The first-order valence-electron chi connectivity index (χ1n) is 6.31. The molecule has 0 aliphatic carbocycles. The van der Waals surface area contributed by atoms with Crippen molar-refractivity contribution in [3.63, 3.8) is 0 Å². The fraction of sp³-hybridized carbons (Fsp3) is 0.333. The number of rotatable bonds is 2. The standard InChI is InChI=1S/C15H16BrNO/c16-13-8-7-12(10-4-1-2-5-11(10)13)15(17)14-6-3-9-18-14/h1-2,4-5,7-8,14-15H,3,6,9,17H2. The van der Waals surface area contributed by atoms with E-state index in [4.69, 9.17) is 10.5 Å². The molecule has 1 heterocycles. The zero-order chi connectivity index (χ0) is 12.5. The lowest BCUT2D eigenvalue weighted by molar-refractivity contribution is 0.0904. The van der Waals surface area contributed by atoms with Crippen LogP contribution in [0.2, 0.25) is 0 Å². The third-order valence-corrected chi connectivity index (χ3v) is 4.32. The molecule has 1 saturated heterocycles. The number of benzene rings is 2. The van der Waals surface area contributed by atoms with Gasteiger partial charge in [0.25, 0.3) is 0 Å². The summed E-state index contributed by atoms with van der Waals surface area (Å²) in [6, 6.07) is 12.5. The molecule has 0 spiro atoms. The van der Waals surface area contributed by atoms with E-state index >= 15 is 0 Å². The Hall–Kier alpha value is -0.900. The normalized spacial score (nSPS) is 21.3. The average Bonchev–Trinajstić information content (AvgIpc) is 2.93. The van der Waals surface area contributed by atoms with Gasteiger partial charge in [0.15, 0.2) is 0 Å². The molecule has 2 unspecified atom stereocenters. The molecule has 2 N–H and O–H groups in total. The Morgan fingerprint density at radius 1 is 1.17 bits per heavy atom. The fourth-order valence-corrected chi connectivity index (χ4v) is 3.14. The maximum Gasteiger partial charge on any atom is 0.0768 e. The van der Waals surface area contributed by atoms with E-state index in [1.807, 2.05) is 0 Å². The highest BCUT2D eigenvalue weighted by Crippen LogP contribution is 2.33. The number of hydrogen-bond acceptors (Lipinski definition) is 2. The molecule has 3 heteroatoms. The Kier molecular flexibility index (Phi) is 3.37. The Morgan fingerprint density at radius 2 is 1.94 bits per heavy atom. The fourth-order valence-electron chi connectivity index (χ4n) is 2.66. The van der Waals surface area contributed by atoms with Crippen LogP contribution in [0.5, 0.6) is 0 Å². The minimum absolute atomic E-state index is 0.0366. The van der Waals surface area contributed by atoms with Crippen molar-refractivity contribution in [3.8, 4) is 0 Å². The van der Waals surface area contributed by atoms with Crippen LogP contribution in [0.25, 0.3) is 10.8 Å². The summed E-state index contributed by atoms with van der Waals surface area (Å²) >= 11 is 3.59. The SMILES string of the molecule is NC(c1ccc(Br)c2ccccc12)C1CCCO1. The van der Waals surface area contributed by atoms with Gasteiger partial charge in [0, 0.05) is 11.1 Å². The molecule has 1 aliphatic rings. The molecule has 2 atom stereocenters. The van der Waals surface area contributed by atoms with Crippen LogP contribution in [0.1, 0.15) is 24.4 Å². The largest absolute Gasteiger partial charge is 0.376 e. The van der Waals surface area contributed by atoms with Gasteiger partial charge in [0.1, 0.15) is 0 Å². The van der Waals surface area contributed by atoms with Gasteiger partial charge in [-0.05, 0) is 35.2 Å². The van der Waals surface area contributed by atoms with Gasteiger partial charge < -0.3 is 10.5 Å². The van der Waals surface area contributed by atoms with Crippen molar-refractivity contribution in [1.29, 1.82) is 0 Å². The molecule has 94 valence electrons. The summed E-state index contributed by atoms with van der Waals surface area (Å²) in [6.45, 7) is 0.840. The lowest BCUT2D eigenvalue weighted by Crippen LogP contribution is -2.25. The molecule has 3 rings (SSSR count). The van der Waals surface area contributed by atoms with Crippen molar-refractivity contribution < 1.29 is 4.74 Å². The van der Waals surface area contributed by atoms with E-state index in [1.165, 1.54) is 16.3 Å². The second kappa shape index (κ2) is 5.00. The summed E-state index contributed by atoms with van der Waals surface area (Å²) in [7, 11) is 0. The molecule has 0 amide bonds. The van der Waals surface area contributed by atoms with Gasteiger partial charge in [0.2, 0.25) is 0 Å². The van der Waals surface area contributed by atoms with Gasteiger partial charge >= 0.3 is 0 Å².